The molecule has 2 rings (SSSR count). The summed E-state index contributed by atoms with van der Waals surface area (Å²) in [7, 11) is 0. The van der Waals surface area contributed by atoms with E-state index < -0.39 is 0 Å². The number of rotatable bonds is 3. The van der Waals surface area contributed by atoms with Crippen molar-refractivity contribution < 1.29 is 9.59 Å². The van der Waals surface area contributed by atoms with E-state index in [0.717, 1.165) is 17.3 Å². The highest BCUT2D eigenvalue weighted by atomic mass is 79.9. The van der Waals surface area contributed by atoms with Crippen molar-refractivity contribution in [2.24, 2.45) is 11.7 Å². The van der Waals surface area contributed by atoms with Crippen LogP contribution in [0.15, 0.2) is 22.9 Å². The van der Waals surface area contributed by atoms with Crippen molar-refractivity contribution in [1.82, 2.24) is 9.88 Å². The van der Waals surface area contributed by atoms with Crippen LogP contribution in [0.4, 0.5) is 0 Å². The number of nitrogens with two attached hydrogens (primary N) is 1. The molecule has 2 amide bonds. The van der Waals surface area contributed by atoms with E-state index in [1.54, 1.807) is 23.4 Å². The van der Waals surface area contributed by atoms with Crippen LogP contribution < -0.4 is 5.73 Å². The van der Waals surface area contributed by atoms with E-state index in [9.17, 15) is 9.59 Å². The summed E-state index contributed by atoms with van der Waals surface area (Å²) < 4.78 is 0.793. The van der Waals surface area contributed by atoms with E-state index in [4.69, 9.17) is 5.73 Å². The molecule has 1 saturated heterocycles. The van der Waals surface area contributed by atoms with Crippen LogP contribution in [0.1, 0.15) is 29.6 Å². The van der Waals surface area contributed by atoms with Crippen molar-refractivity contribution in [2.45, 2.75) is 19.3 Å². The van der Waals surface area contributed by atoms with Crippen LogP contribution in [0.2, 0.25) is 0 Å². The number of nitrogens with zero attached hydrogens (tertiary/aromatic N) is 2. The van der Waals surface area contributed by atoms with Gasteiger partial charge in [0.2, 0.25) is 5.91 Å². The Bertz CT molecular complexity index is 485. The van der Waals surface area contributed by atoms with E-state index in [1.165, 1.54) is 0 Å². The van der Waals surface area contributed by atoms with Gasteiger partial charge in [-0.25, -0.2) is 0 Å². The molecule has 1 aromatic rings. The fraction of sp³-hybridized carbons (Fsp3) is 0.462. The summed E-state index contributed by atoms with van der Waals surface area (Å²) in [6.07, 6.45) is 5.30. The maximum Gasteiger partial charge on any atom is 0.255 e. The monoisotopic (exact) mass is 325 g/mol. The second kappa shape index (κ2) is 6.14. The average molecular weight is 326 g/mol. The molecule has 1 aliphatic rings. The Morgan fingerprint density at radius 2 is 2.05 bits per heavy atom. The molecule has 1 aromatic heterocycles. The number of piperidine rings is 1. The third-order valence-electron chi connectivity index (χ3n) is 3.34. The van der Waals surface area contributed by atoms with Crippen molar-refractivity contribution in [1.29, 1.82) is 0 Å². The van der Waals surface area contributed by atoms with Gasteiger partial charge in [-0.2, -0.15) is 0 Å². The van der Waals surface area contributed by atoms with Crippen molar-refractivity contribution in [2.75, 3.05) is 13.1 Å². The molecule has 0 spiro atoms. The minimum absolute atomic E-state index is 0.00803. The van der Waals surface area contributed by atoms with E-state index in [0.29, 0.717) is 31.0 Å². The fourth-order valence-corrected chi connectivity index (χ4v) is 2.70. The molecular weight excluding hydrogens is 310 g/mol. The number of carbonyl (C=O) groups is 2. The summed E-state index contributed by atoms with van der Waals surface area (Å²) in [6, 6.07) is 1.77. The maximum absolute atomic E-state index is 12.3. The first kappa shape index (κ1) is 14.0. The summed E-state index contributed by atoms with van der Waals surface area (Å²) in [4.78, 5) is 28.9. The SMILES string of the molecule is NC(=O)CC1CCN(C(=O)c2cncc(Br)c2)CC1. The van der Waals surface area contributed by atoms with Crippen molar-refractivity contribution >= 4 is 27.7 Å². The largest absolute Gasteiger partial charge is 0.370 e. The summed E-state index contributed by atoms with van der Waals surface area (Å²) in [6.45, 7) is 1.34. The molecule has 5 nitrogen and oxygen atoms in total. The Morgan fingerprint density at radius 3 is 2.63 bits per heavy atom. The molecule has 0 aromatic carbocycles. The Kier molecular flexibility index (Phi) is 4.52. The van der Waals surface area contributed by atoms with Crippen LogP contribution in [0, 0.1) is 5.92 Å². The predicted octanol–water partition coefficient (Wildman–Crippen LogP) is 1.57. The lowest BCUT2D eigenvalue weighted by Crippen LogP contribution is -2.39. The number of aromatic nitrogens is 1. The number of likely N-dealkylation sites (tertiary alicyclic amines) is 1. The lowest BCUT2D eigenvalue weighted by molar-refractivity contribution is -0.119. The van der Waals surface area contributed by atoms with Crippen LogP contribution >= 0.6 is 15.9 Å². The molecule has 0 bridgehead atoms. The van der Waals surface area contributed by atoms with Gasteiger partial charge in [-0.15, -0.1) is 0 Å². The Morgan fingerprint density at radius 1 is 1.37 bits per heavy atom. The highest BCUT2D eigenvalue weighted by Crippen LogP contribution is 2.22. The lowest BCUT2D eigenvalue weighted by Gasteiger charge is -2.31. The van der Waals surface area contributed by atoms with Gasteiger partial charge >= 0.3 is 0 Å². The van der Waals surface area contributed by atoms with Crippen molar-refractivity contribution in [3.63, 3.8) is 0 Å². The molecule has 0 unspecified atom stereocenters. The first-order valence-electron chi connectivity index (χ1n) is 6.24. The standard InChI is InChI=1S/C13H16BrN3O2/c14-11-6-10(7-16-8-11)13(19)17-3-1-9(2-4-17)5-12(15)18/h6-9H,1-5H2,(H2,15,18). The van der Waals surface area contributed by atoms with E-state index in [-0.39, 0.29) is 11.8 Å². The minimum Gasteiger partial charge on any atom is -0.370 e. The van der Waals surface area contributed by atoms with Crippen LogP contribution in [0.3, 0.4) is 0 Å². The Hall–Kier alpha value is -1.43. The highest BCUT2D eigenvalue weighted by molar-refractivity contribution is 9.10. The topological polar surface area (TPSA) is 76.3 Å². The number of halogens is 1. The van der Waals surface area contributed by atoms with E-state index in [2.05, 4.69) is 20.9 Å². The van der Waals surface area contributed by atoms with Crippen LogP contribution in [-0.4, -0.2) is 34.8 Å². The summed E-state index contributed by atoms with van der Waals surface area (Å²) in [5.74, 6) is 0.0366. The summed E-state index contributed by atoms with van der Waals surface area (Å²) in [5, 5.41) is 0. The van der Waals surface area contributed by atoms with Gasteiger partial charge in [0, 0.05) is 36.4 Å². The van der Waals surface area contributed by atoms with Gasteiger partial charge in [0.25, 0.3) is 5.91 Å². The average Bonchev–Trinajstić information content (AvgIpc) is 2.38. The zero-order chi connectivity index (χ0) is 13.8. The zero-order valence-corrected chi connectivity index (χ0v) is 12.1. The molecular formula is C13H16BrN3O2. The quantitative estimate of drug-likeness (QED) is 0.916. The van der Waals surface area contributed by atoms with Gasteiger partial charge in [0.1, 0.15) is 0 Å². The van der Waals surface area contributed by atoms with Crippen LogP contribution in [0.5, 0.6) is 0 Å². The molecule has 0 atom stereocenters. The normalized spacial score (nSPS) is 16.4. The number of pyridine rings is 1. The van der Waals surface area contributed by atoms with Gasteiger partial charge in [-0.3, -0.25) is 14.6 Å². The fourth-order valence-electron chi connectivity index (χ4n) is 2.34. The number of hydrogen-bond donors (Lipinski definition) is 1. The number of amides is 2. The van der Waals surface area contributed by atoms with E-state index >= 15 is 0 Å². The number of primary amides is 1. The lowest BCUT2D eigenvalue weighted by atomic mass is 9.93. The van der Waals surface area contributed by atoms with Crippen LogP contribution in [-0.2, 0) is 4.79 Å². The second-order valence-electron chi connectivity index (χ2n) is 4.80. The predicted molar refractivity (Wildman–Crippen MR) is 74.4 cm³/mol. The Balaban J connectivity index is 1.94. The van der Waals surface area contributed by atoms with Crippen molar-refractivity contribution in [3.8, 4) is 0 Å². The minimum atomic E-state index is -0.263. The number of hydrogen-bond acceptors (Lipinski definition) is 3. The molecule has 2 heterocycles. The molecule has 1 aliphatic heterocycles. The molecule has 2 N–H and O–H groups in total. The molecule has 19 heavy (non-hydrogen) atoms. The first-order valence-corrected chi connectivity index (χ1v) is 7.03. The van der Waals surface area contributed by atoms with Crippen molar-refractivity contribution in [3.05, 3.63) is 28.5 Å². The Labute approximate surface area is 120 Å². The molecule has 6 heteroatoms. The van der Waals surface area contributed by atoms with Gasteiger partial charge in [0.05, 0.1) is 5.56 Å². The second-order valence-corrected chi connectivity index (χ2v) is 5.71. The van der Waals surface area contributed by atoms with Gasteiger partial charge in [-0.05, 0) is 40.8 Å². The van der Waals surface area contributed by atoms with E-state index in [1.807, 2.05) is 0 Å². The van der Waals surface area contributed by atoms with Gasteiger partial charge < -0.3 is 10.6 Å². The maximum atomic E-state index is 12.3. The highest BCUT2D eigenvalue weighted by Gasteiger charge is 2.24. The first-order chi connectivity index (χ1) is 9.06. The van der Waals surface area contributed by atoms with Gasteiger partial charge in [0.15, 0.2) is 0 Å². The van der Waals surface area contributed by atoms with Gasteiger partial charge in [-0.1, -0.05) is 0 Å². The van der Waals surface area contributed by atoms with Crippen LogP contribution in [0.25, 0.3) is 0 Å². The zero-order valence-electron chi connectivity index (χ0n) is 10.5. The molecule has 0 saturated carbocycles. The molecule has 0 radical (unpaired) electrons. The smallest absolute Gasteiger partial charge is 0.255 e. The summed E-state index contributed by atoms with van der Waals surface area (Å²) >= 11 is 3.31. The third kappa shape index (κ3) is 3.76. The third-order valence-corrected chi connectivity index (χ3v) is 3.78. The summed E-state index contributed by atoms with van der Waals surface area (Å²) in [5.41, 5.74) is 5.78. The molecule has 1 fully saturated rings. The molecule has 102 valence electrons. The molecule has 0 aliphatic carbocycles. The number of carbonyl (C=O) groups excluding carboxylic acids is 2.